The highest BCUT2D eigenvalue weighted by atomic mass is 32.2. The maximum Gasteiger partial charge on any atom is 0.261 e. The molecule has 0 radical (unpaired) electrons. The van der Waals surface area contributed by atoms with Crippen LogP contribution >= 0.6 is 0 Å². The molecule has 0 bridgehead atoms. The molecule has 2 aromatic carbocycles. The predicted molar refractivity (Wildman–Crippen MR) is 98.3 cm³/mol. The fraction of sp³-hybridized carbons (Fsp3) is 0.278. The molecule has 2 N–H and O–H groups in total. The lowest BCUT2D eigenvalue weighted by Crippen LogP contribution is -2.27. The summed E-state index contributed by atoms with van der Waals surface area (Å²) >= 11 is 0. The van der Waals surface area contributed by atoms with Crippen LogP contribution in [-0.4, -0.2) is 21.4 Å². The molecule has 0 aliphatic rings. The van der Waals surface area contributed by atoms with E-state index in [0.717, 1.165) is 0 Å². The molecule has 0 aromatic heterocycles. The van der Waals surface area contributed by atoms with Crippen LogP contribution in [0.2, 0.25) is 0 Å². The largest absolute Gasteiger partial charge is 0.497 e. The van der Waals surface area contributed by atoms with Gasteiger partial charge in [0.25, 0.3) is 10.0 Å². The Morgan fingerprint density at radius 1 is 0.920 bits per heavy atom. The SMILES string of the molecule is COc1ccc(S(=O)(=O)Nc2ccc(NC(=O)C(C)(C)C)cc2)cc1. The lowest BCUT2D eigenvalue weighted by molar-refractivity contribution is -0.123. The van der Waals surface area contributed by atoms with E-state index in [0.29, 0.717) is 17.1 Å². The van der Waals surface area contributed by atoms with Gasteiger partial charge in [-0.2, -0.15) is 0 Å². The van der Waals surface area contributed by atoms with Crippen molar-refractivity contribution in [3.05, 3.63) is 48.5 Å². The molecule has 0 atom stereocenters. The summed E-state index contributed by atoms with van der Waals surface area (Å²) in [6, 6.07) is 12.6. The van der Waals surface area contributed by atoms with E-state index < -0.39 is 15.4 Å². The van der Waals surface area contributed by atoms with Gasteiger partial charge >= 0.3 is 0 Å². The highest BCUT2D eigenvalue weighted by molar-refractivity contribution is 7.92. The van der Waals surface area contributed by atoms with Crippen LogP contribution in [0.5, 0.6) is 5.75 Å². The third kappa shape index (κ3) is 4.96. The first kappa shape index (κ1) is 18.8. The van der Waals surface area contributed by atoms with Gasteiger partial charge in [-0.15, -0.1) is 0 Å². The van der Waals surface area contributed by atoms with E-state index in [1.807, 2.05) is 20.8 Å². The summed E-state index contributed by atoms with van der Waals surface area (Å²) in [5.41, 5.74) is 0.506. The molecule has 0 saturated carbocycles. The van der Waals surface area contributed by atoms with Crippen LogP contribution in [-0.2, 0) is 14.8 Å². The normalized spacial score (nSPS) is 11.7. The number of rotatable bonds is 5. The van der Waals surface area contributed by atoms with Gasteiger partial charge < -0.3 is 10.1 Å². The molecule has 0 fully saturated rings. The van der Waals surface area contributed by atoms with Crippen molar-refractivity contribution in [1.82, 2.24) is 0 Å². The van der Waals surface area contributed by atoms with Gasteiger partial charge in [-0.1, -0.05) is 20.8 Å². The fourth-order valence-electron chi connectivity index (χ4n) is 1.91. The van der Waals surface area contributed by atoms with Gasteiger partial charge in [0.05, 0.1) is 12.0 Å². The molecular formula is C18H22N2O4S. The average molecular weight is 362 g/mol. The van der Waals surface area contributed by atoms with E-state index in [2.05, 4.69) is 10.0 Å². The van der Waals surface area contributed by atoms with Crippen molar-refractivity contribution >= 4 is 27.3 Å². The van der Waals surface area contributed by atoms with Crippen LogP contribution in [0.25, 0.3) is 0 Å². The van der Waals surface area contributed by atoms with Crippen molar-refractivity contribution in [3.8, 4) is 5.75 Å². The Balaban J connectivity index is 2.10. The number of carbonyl (C=O) groups excluding carboxylic acids is 1. The first-order valence-electron chi connectivity index (χ1n) is 7.70. The summed E-state index contributed by atoms with van der Waals surface area (Å²) in [5, 5.41) is 2.79. The molecule has 0 aliphatic carbocycles. The van der Waals surface area contributed by atoms with Gasteiger partial charge in [-0.3, -0.25) is 9.52 Å². The van der Waals surface area contributed by atoms with E-state index in [-0.39, 0.29) is 10.8 Å². The monoisotopic (exact) mass is 362 g/mol. The number of carbonyl (C=O) groups is 1. The second kappa shape index (κ2) is 7.14. The van der Waals surface area contributed by atoms with Gasteiger partial charge in [-0.05, 0) is 48.5 Å². The third-order valence-electron chi connectivity index (χ3n) is 3.45. The van der Waals surface area contributed by atoms with Crippen LogP contribution in [0.3, 0.4) is 0 Å². The zero-order valence-corrected chi connectivity index (χ0v) is 15.5. The van der Waals surface area contributed by atoms with E-state index in [1.54, 1.807) is 36.4 Å². The summed E-state index contributed by atoms with van der Waals surface area (Å²) in [4.78, 5) is 12.1. The van der Waals surface area contributed by atoms with Crippen molar-refractivity contribution in [3.63, 3.8) is 0 Å². The van der Waals surface area contributed by atoms with E-state index >= 15 is 0 Å². The zero-order chi connectivity index (χ0) is 18.7. The number of sulfonamides is 1. The Morgan fingerprint density at radius 2 is 1.44 bits per heavy atom. The summed E-state index contributed by atoms with van der Waals surface area (Å²) in [7, 11) is -2.17. The van der Waals surface area contributed by atoms with Crippen molar-refractivity contribution < 1.29 is 17.9 Å². The highest BCUT2D eigenvalue weighted by Crippen LogP contribution is 2.22. The summed E-state index contributed by atoms with van der Waals surface area (Å²) in [6.45, 7) is 5.46. The smallest absolute Gasteiger partial charge is 0.261 e. The number of methoxy groups -OCH3 is 1. The molecule has 0 saturated heterocycles. The Kier molecular flexibility index (Phi) is 5.37. The lowest BCUT2D eigenvalue weighted by Gasteiger charge is -2.17. The molecule has 7 heteroatoms. The topological polar surface area (TPSA) is 84.5 Å². The standard InChI is InChI=1S/C18H22N2O4S/c1-18(2,3)17(21)19-13-5-7-14(8-6-13)20-25(22,23)16-11-9-15(24-4)10-12-16/h5-12,20H,1-4H3,(H,19,21). The van der Waals surface area contributed by atoms with Crippen molar-refractivity contribution in [2.45, 2.75) is 25.7 Å². The van der Waals surface area contributed by atoms with E-state index in [1.165, 1.54) is 19.2 Å². The number of ether oxygens (including phenoxy) is 1. The second-order valence-corrected chi connectivity index (χ2v) is 8.24. The van der Waals surface area contributed by atoms with Gasteiger partial charge in [0.15, 0.2) is 0 Å². The molecule has 0 unspecified atom stereocenters. The van der Waals surface area contributed by atoms with Crippen LogP contribution in [0, 0.1) is 5.41 Å². The number of anilines is 2. The number of benzene rings is 2. The van der Waals surface area contributed by atoms with Gasteiger partial charge in [0, 0.05) is 16.8 Å². The van der Waals surface area contributed by atoms with Crippen molar-refractivity contribution in [1.29, 1.82) is 0 Å². The van der Waals surface area contributed by atoms with Crippen molar-refractivity contribution in [2.75, 3.05) is 17.1 Å². The Hall–Kier alpha value is -2.54. The maximum absolute atomic E-state index is 12.4. The van der Waals surface area contributed by atoms with E-state index in [9.17, 15) is 13.2 Å². The molecule has 0 heterocycles. The molecule has 2 aromatic rings. The zero-order valence-electron chi connectivity index (χ0n) is 14.7. The minimum atomic E-state index is -3.69. The minimum Gasteiger partial charge on any atom is -0.497 e. The predicted octanol–water partition coefficient (Wildman–Crippen LogP) is 3.48. The summed E-state index contributed by atoms with van der Waals surface area (Å²) < 4.78 is 32.3. The molecule has 25 heavy (non-hydrogen) atoms. The minimum absolute atomic E-state index is 0.112. The van der Waals surface area contributed by atoms with Crippen LogP contribution in [0.4, 0.5) is 11.4 Å². The molecule has 2 rings (SSSR count). The van der Waals surface area contributed by atoms with Crippen LogP contribution in [0.15, 0.2) is 53.4 Å². The van der Waals surface area contributed by atoms with Gasteiger partial charge in [0.1, 0.15) is 5.75 Å². The third-order valence-corrected chi connectivity index (χ3v) is 4.84. The van der Waals surface area contributed by atoms with Crippen LogP contribution < -0.4 is 14.8 Å². The Labute approximate surface area is 148 Å². The number of amides is 1. The molecular weight excluding hydrogens is 340 g/mol. The highest BCUT2D eigenvalue weighted by Gasteiger charge is 2.21. The van der Waals surface area contributed by atoms with Gasteiger partial charge in [0.2, 0.25) is 5.91 Å². The fourth-order valence-corrected chi connectivity index (χ4v) is 2.97. The summed E-state index contributed by atoms with van der Waals surface area (Å²) in [6.07, 6.45) is 0. The molecule has 0 aliphatic heterocycles. The summed E-state index contributed by atoms with van der Waals surface area (Å²) in [5.74, 6) is 0.469. The van der Waals surface area contributed by atoms with Crippen LogP contribution in [0.1, 0.15) is 20.8 Å². The van der Waals surface area contributed by atoms with E-state index in [4.69, 9.17) is 4.74 Å². The Bertz CT molecular complexity index is 836. The number of nitrogens with one attached hydrogen (secondary N) is 2. The molecule has 1 amide bonds. The quantitative estimate of drug-likeness (QED) is 0.853. The molecule has 134 valence electrons. The Morgan fingerprint density at radius 3 is 1.92 bits per heavy atom. The van der Waals surface area contributed by atoms with Gasteiger partial charge in [-0.25, -0.2) is 8.42 Å². The number of hydrogen-bond donors (Lipinski definition) is 2. The first-order valence-corrected chi connectivity index (χ1v) is 9.18. The second-order valence-electron chi connectivity index (χ2n) is 6.56. The molecule has 6 nitrogen and oxygen atoms in total. The lowest BCUT2D eigenvalue weighted by atomic mass is 9.95. The maximum atomic E-state index is 12.4. The molecule has 0 spiro atoms. The number of hydrogen-bond acceptors (Lipinski definition) is 4. The average Bonchev–Trinajstić information content (AvgIpc) is 2.55. The van der Waals surface area contributed by atoms with Crippen molar-refractivity contribution in [2.24, 2.45) is 5.41 Å². The first-order chi connectivity index (χ1) is 11.6.